The molecule has 3 N–H and O–H groups in total. The van der Waals surface area contributed by atoms with Crippen molar-refractivity contribution < 1.29 is 41.8 Å². The molecule has 2 aliphatic carbocycles. The first-order chi connectivity index (χ1) is 25.3. The van der Waals surface area contributed by atoms with E-state index in [0.717, 1.165) is 29.3 Å². The summed E-state index contributed by atoms with van der Waals surface area (Å²) in [7, 11) is -2.49. The molecule has 1 aromatic heterocycles. The number of benzene rings is 1. The Morgan fingerprint density at radius 2 is 1.89 bits per heavy atom. The molecule has 5 atom stereocenters. The molecule has 2 aromatic rings. The lowest BCUT2D eigenvalue weighted by Crippen LogP contribution is -2.58. The minimum Gasteiger partial charge on any atom is -0.483 e. The molecule has 53 heavy (non-hydrogen) atoms. The van der Waals surface area contributed by atoms with Crippen LogP contribution in [0.1, 0.15) is 82.4 Å². The van der Waals surface area contributed by atoms with E-state index < -0.39 is 67.7 Å². The van der Waals surface area contributed by atoms with Crippen molar-refractivity contribution in [3.63, 3.8) is 0 Å². The van der Waals surface area contributed by atoms with Gasteiger partial charge in [-0.15, -0.1) is 0 Å². The largest absolute Gasteiger partial charge is 0.483 e. The zero-order valence-electron chi connectivity index (χ0n) is 30.6. The summed E-state index contributed by atoms with van der Waals surface area (Å²) in [6, 6.07) is 5.78. The van der Waals surface area contributed by atoms with Crippen molar-refractivity contribution in [2.75, 3.05) is 26.9 Å². The van der Waals surface area contributed by atoms with Gasteiger partial charge in [0.05, 0.1) is 29.1 Å². The molecule has 4 amide bonds. The first kappa shape index (κ1) is 37.1. The summed E-state index contributed by atoms with van der Waals surface area (Å²) in [5.41, 5.74) is 0.115. The number of nitrogens with one attached hydrogen (secondary N) is 3. The molecule has 3 fully saturated rings. The molecular formula is C38H49N5O9S. The number of aryl methyl sites for hydroxylation is 2. The summed E-state index contributed by atoms with van der Waals surface area (Å²) in [6.07, 6.45) is 8.66. The fourth-order valence-electron chi connectivity index (χ4n) is 8.04. The van der Waals surface area contributed by atoms with Gasteiger partial charge in [-0.2, -0.15) is 0 Å². The lowest BCUT2D eigenvalue weighted by Gasteiger charge is -2.36. The van der Waals surface area contributed by atoms with E-state index in [1.807, 2.05) is 43.3 Å². The predicted molar refractivity (Wildman–Crippen MR) is 194 cm³/mol. The summed E-state index contributed by atoms with van der Waals surface area (Å²) in [5, 5.41) is 6.66. The van der Waals surface area contributed by atoms with Gasteiger partial charge in [0.25, 0.3) is 5.91 Å². The van der Waals surface area contributed by atoms with Crippen LogP contribution in [0.4, 0.5) is 4.79 Å². The molecule has 1 spiro atoms. The number of carbonyl (C=O) groups excluding carboxylic acids is 4. The number of para-hydroxylation sites is 1. The number of allylic oxidation sites excluding steroid dienone is 1. The highest BCUT2D eigenvalue weighted by Gasteiger charge is 2.64. The number of hydrogen-bond acceptors (Lipinski definition) is 10. The van der Waals surface area contributed by atoms with Crippen LogP contribution in [0.3, 0.4) is 0 Å². The number of ether oxygens (including phenoxy) is 3. The van der Waals surface area contributed by atoms with Crippen molar-refractivity contribution >= 4 is 44.7 Å². The summed E-state index contributed by atoms with van der Waals surface area (Å²) < 4.78 is 44.7. The van der Waals surface area contributed by atoms with Crippen LogP contribution >= 0.6 is 0 Å². The summed E-state index contributed by atoms with van der Waals surface area (Å²) in [4.78, 5) is 62.2. The number of rotatable bonds is 7. The summed E-state index contributed by atoms with van der Waals surface area (Å²) in [6.45, 7) is 3.73. The number of sulfonamides is 1. The number of hydrogen-bond donors (Lipinski definition) is 3. The highest BCUT2D eigenvalue weighted by molar-refractivity contribution is 7.91. The maximum absolute atomic E-state index is 14.6. The van der Waals surface area contributed by atoms with Gasteiger partial charge in [-0.25, -0.2) is 18.2 Å². The van der Waals surface area contributed by atoms with Crippen LogP contribution < -0.4 is 20.1 Å². The Kier molecular flexibility index (Phi) is 9.94. The smallest absolute Gasteiger partial charge is 0.407 e. The Hall–Kier alpha value is -4.24. The fraction of sp³-hybridized carbons (Fsp3) is 0.605. The second-order valence-electron chi connectivity index (χ2n) is 15.5. The van der Waals surface area contributed by atoms with Gasteiger partial charge in [-0.05, 0) is 71.3 Å². The van der Waals surface area contributed by atoms with Gasteiger partial charge >= 0.3 is 6.09 Å². The van der Waals surface area contributed by atoms with Crippen LogP contribution in [0, 0.1) is 12.8 Å². The molecule has 2 saturated carbocycles. The molecule has 1 aromatic carbocycles. The van der Waals surface area contributed by atoms with Crippen molar-refractivity contribution in [2.45, 2.75) is 112 Å². The number of amides is 4. The number of alkyl carbamates (subject to hydrolysis) is 1. The molecule has 286 valence electrons. The molecule has 1 saturated heterocycles. The van der Waals surface area contributed by atoms with Crippen LogP contribution in [-0.4, -0.2) is 97.0 Å². The first-order valence-corrected chi connectivity index (χ1v) is 20.1. The summed E-state index contributed by atoms with van der Waals surface area (Å²) in [5.74, 6) is -1.62. The molecule has 15 heteroatoms. The number of fused-ring (bicyclic) bond motifs is 5. The Bertz CT molecular complexity index is 1950. The normalized spacial score (nSPS) is 29.4. The zero-order valence-corrected chi connectivity index (χ0v) is 31.4. The Balaban J connectivity index is 1.22. The van der Waals surface area contributed by atoms with Gasteiger partial charge in [-0.1, -0.05) is 43.2 Å². The highest BCUT2D eigenvalue weighted by atomic mass is 32.2. The van der Waals surface area contributed by atoms with Crippen LogP contribution in [0.2, 0.25) is 0 Å². The number of aromatic nitrogens is 1. The molecule has 4 heterocycles. The maximum atomic E-state index is 14.6. The van der Waals surface area contributed by atoms with Crippen molar-refractivity contribution in [2.24, 2.45) is 5.92 Å². The average molecular weight is 752 g/mol. The third kappa shape index (κ3) is 7.21. The highest BCUT2D eigenvalue weighted by Crippen LogP contribution is 2.49. The molecule has 14 nitrogen and oxygen atoms in total. The zero-order chi connectivity index (χ0) is 37.6. The quantitative estimate of drug-likeness (QED) is 0.280. The molecule has 5 aliphatic rings. The topological polar surface area (TPSA) is 182 Å². The van der Waals surface area contributed by atoms with Gasteiger partial charge in [0.2, 0.25) is 21.8 Å². The fourth-order valence-corrected chi connectivity index (χ4v) is 9.36. The average Bonchev–Trinajstić information content (AvgIpc) is 4.02. The monoisotopic (exact) mass is 751 g/mol. The van der Waals surface area contributed by atoms with Crippen molar-refractivity contribution in [3.05, 3.63) is 47.7 Å². The van der Waals surface area contributed by atoms with Gasteiger partial charge in [0.1, 0.15) is 35.6 Å². The number of carbonyl (C=O) groups is 4. The van der Waals surface area contributed by atoms with Gasteiger partial charge in [-0.3, -0.25) is 19.1 Å². The SMILES string of the molecule is COCCOC(=O)NC1CCCCCC=CC2CC2(C(=O)NS(=O)(=O)C2(C)CC2)NC(=O)C2CC3(CCc4c(c(C)nc5ccccc45)O3)CN2C1=O. The number of pyridine rings is 1. The van der Waals surface area contributed by atoms with E-state index in [0.29, 0.717) is 56.4 Å². The third-order valence-electron chi connectivity index (χ3n) is 11.7. The van der Waals surface area contributed by atoms with E-state index in [1.54, 1.807) is 6.92 Å². The lowest BCUT2D eigenvalue weighted by atomic mass is 9.87. The Labute approximate surface area is 309 Å². The van der Waals surface area contributed by atoms with E-state index >= 15 is 0 Å². The number of methoxy groups -OCH3 is 1. The summed E-state index contributed by atoms with van der Waals surface area (Å²) >= 11 is 0. The van der Waals surface area contributed by atoms with E-state index in [1.165, 1.54) is 12.0 Å². The van der Waals surface area contributed by atoms with Crippen molar-refractivity contribution in [1.29, 1.82) is 0 Å². The molecule has 3 aliphatic heterocycles. The van der Waals surface area contributed by atoms with E-state index in [2.05, 4.69) is 15.4 Å². The van der Waals surface area contributed by atoms with Gasteiger partial charge in [0.15, 0.2) is 0 Å². The molecule has 0 bridgehead atoms. The van der Waals surface area contributed by atoms with E-state index in [9.17, 15) is 27.6 Å². The van der Waals surface area contributed by atoms with Gasteiger partial charge < -0.3 is 29.7 Å². The van der Waals surface area contributed by atoms with Gasteiger partial charge in [0, 0.05) is 30.4 Å². The molecule has 7 rings (SSSR count). The van der Waals surface area contributed by atoms with Crippen LogP contribution in [0.25, 0.3) is 10.9 Å². The van der Waals surface area contributed by atoms with Crippen molar-refractivity contribution in [1.82, 2.24) is 25.2 Å². The minimum absolute atomic E-state index is 0.00291. The van der Waals surface area contributed by atoms with Crippen molar-refractivity contribution in [3.8, 4) is 5.75 Å². The standard InChI is InChI=1S/C38H49N5O9S/c1-24-31-27(26-12-9-10-13-28(26)39-24)15-16-37(52-31)22-30-32(44)41-38(34(46)42-53(48,49)36(2)17-18-36)21-25(38)11-7-5-4-6-8-14-29(33(45)43(30)23-37)40-35(47)51-20-19-50-3/h7,9-13,25,29-30H,4-6,8,14-23H2,1-3H3,(H,40,47)(H,41,44)(H,42,46). The molecular weight excluding hydrogens is 703 g/mol. The van der Waals surface area contributed by atoms with Crippen LogP contribution in [0.5, 0.6) is 5.75 Å². The number of nitrogens with zero attached hydrogens (tertiary/aromatic N) is 2. The third-order valence-corrected chi connectivity index (χ3v) is 13.9. The van der Waals surface area contributed by atoms with Crippen LogP contribution in [-0.2, 0) is 40.3 Å². The minimum atomic E-state index is -3.98. The second-order valence-corrected chi connectivity index (χ2v) is 17.7. The molecule has 5 unspecified atom stereocenters. The lowest BCUT2D eigenvalue weighted by molar-refractivity contribution is -0.141. The maximum Gasteiger partial charge on any atom is 0.407 e. The predicted octanol–water partition coefficient (Wildman–Crippen LogP) is 3.34. The second kappa shape index (κ2) is 14.2. The van der Waals surface area contributed by atoms with E-state index in [-0.39, 0.29) is 32.6 Å². The Morgan fingerprint density at radius 1 is 1.09 bits per heavy atom. The van der Waals surface area contributed by atoms with E-state index in [4.69, 9.17) is 19.2 Å². The Morgan fingerprint density at radius 3 is 2.66 bits per heavy atom. The molecule has 0 radical (unpaired) electrons. The van der Waals surface area contributed by atoms with Crippen LogP contribution in [0.15, 0.2) is 36.4 Å². The first-order valence-electron chi connectivity index (χ1n) is 18.7.